The lowest BCUT2D eigenvalue weighted by Crippen LogP contribution is -2.46. The summed E-state index contributed by atoms with van der Waals surface area (Å²) in [5.74, 6) is 0.620. The van der Waals surface area contributed by atoms with Gasteiger partial charge in [0.1, 0.15) is 0 Å². The molecule has 0 aromatic rings. The zero-order valence-corrected chi connectivity index (χ0v) is 12.1. The predicted octanol–water partition coefficient (Wildman–Crippen LogP) is 2.63. The second-order valence-corrected chi connectivity index (χ2v) is 5.47. The molecule has 1 aliphatic heterocycles. The molecule has 1 heterocycles. The van der Waals surface area contributed by atoms with Gasteiger partial charge in [0.15, 0.2) is 0 Å². The Bertz CT molecular complexity index is 246. The summed E-state index contributed by atoms with van der Waals surface area (Å²) in [6.45, 7) is 6.80. The van der Waals surface area contributed by atoms with Gasteiger partial charge in [0, 0.05) is 32.8 Å². The molecule has 2 amide bonds. The average molecular weight is 256 g/mol. The number of nitrogens with zero attached hydrogens (tertiary/aromatic N) is 1. The molecule has 0 spiro atoms. The molecule has 106 valence electrons. The van der Waals surface area contributed by atoms with Gasteiger partial charge in [0.05, 0.1) is 0 Å². The molecule has 2 atom stereocenters. The zero-order chi connectivity index (χ0) is 13.4. The Morgan fingerprint density at radius 3 is 2.83 bits per heavy atom. The molecular formula is C14H28N2O2. The summed E-state index contributed by atoms with van der Waals surface area (Å²) in [6, 6.07) is 0.475. The van der Waals surface area contributed by atoms with Crippen molar-refractivity contribution in [3.05, 3.63) is 0 Å². The average Bonchev–Trinajstić information content (AvgIpc) is 2.51. The third-order valence-corrected chi connectivity index (χ3v) is 3.67. The highest BCUT2D eigenvalue weighted by Crippen LogP contribution is 2.20. The minimum Gasteiger partial charge on any atom is -0.385 e. The van der Waals surface area contributed by atoms with Gasteiger partial charge in [-0.15, -0.1) is 0 Å². The summed E-state index contributed by atoms with van der Waals surface area (Å²) in [5, 5.41) is 3.02. The molecule has 0 aliphatic carbocycles. The van der Waals surface area contributed by atoms with Crippen molar-refractivity contribution >= 4 is 6.03 Å². The molecule has 0 aromatic carbocycles. The van der Waals surface area contributed by atoms with Gasteiger partial charge in [-0.25, -0.2) is 4.79 Å². The Labute approximate surface area is 111 Å². The Hall–Kier alpha value is -0.770. The number of methoxy groups -OCH3 is 1. The van der Waals surface area contributed by atoms with E-state index in [1.165, 1.54) is 12.8 Å². The Morgan fingerprint density at radius 1 is 1.33 bits per heavy atom. The van der Waals surface area contributed by atoms with Gasteiger partial charge in [-0.1, -0.05) is 13.3 Å². The smallest absolute Gasteiger partial charge is 0.317 e. The maximum absolute atomic E-state index is 12.1. The molecule has 1 rings (SSSR count). The minimum atomic E-state index is 0.105. The van der Waals surface area contributed by atoms with E-state index >= 15 is 0 Å². The summed E-state index contributed by atoms with van der Waals surface area (Å²) >= 11 is 0. The molecule has 1 N–H and O–H groups in total. The molecule has 18 heavy (non-hydrogen) atoms. The molecule has 0 unspecified atom stereocenters. The molecule has 0 aromatic heterocycles. The largest absolute Gasteiger partial charge is 0.385 e. The van der Waals surface area contributed by atoms with Crippen molar-refractivity contribution in [2.75, 3.05) is 26.8 Å². The van der Waals surface area contributed by atoms with Gasteiger partial charge < -0.3 is 15.0 Å². The van der Waals surface area contributed by atoms with Crippen molar-refractivity contribution in [3.8, 4) is 0 Å². The first-order chi connectivity index (χ1) is 8.65. The normalized spacial score (nSPS) is 24.7. The van der Waals surface area contributed by atoms with E-state index in [2.05, 4.69) is 19.2 Å². The maximum atomic E-state index is 12.1. The fourth-order valence-electron chi connectivity index (χ4n) is 2.48. The summed E-state index contributed by atoms with van der Waals surface area (Å²) in [7, 11) is 1.71. The number of rotatable bonds is 5. The van der Waals surface area contributed by atoms with E-state index in [4.69, 9.17) is 4.74 Å². The lowest BCUT2D eigenvalue weighted by molar-refractivity contribution is 0.171. The molecule has 1 saturated heterocycles. The highest BCUT2D eigenvalue weighted by Gasteiger charge is 2.24. The number of hydrogen-bond donors (Lipinski definition) is 1. The lowest BCUT2D eigenvalue weighted by Gasteiger charge is -2.28. The molecule has 0 saturated carbocycles. The first-order valence-corrected chi connectivity index (χ1v) is 7.18. The van der Waals surface area contributed by atoms with Crippen molar-refractivity contribution in [2.45, 2.75) is 52.0 Å². The molecule has 4 nitrogen and oxygen atoms in total. The second-order valence-electron chi connectivity index (χ2n) is 5.47. The molecule has 1 aliphatic rings. The van der Waals surface area contributed by atoms with Crippen LogP contribution in [-0.4, -0.2) is 43.8 Å². The van der Waals surface area contributed by atoms with Crippen LogP contribution in [0.25, 0.3) is 0 Å². The van der Waals surface area contributed by atoms with Crippen LogP contribution in [0.3, 0.4) is 0 Å². The van der Waals surface area contributed by atoms with Crippen molar-refractivity contribution < 1.29 is 9.53 Å². The lowest BCUT2D eigenvalue weighted by atomic mass is 10.1. The summed E-state index contributed by atoms with van der Waals surface area (Å²) in [6.07, 6.45) is 5.59. The molecule has 0 bridgehead atoms. The highest BCUT2D eigenvalue weighted by atomic mass is 16.5. The number of nitrogens with one attached hydrogen (secondary N) is 1. The number of unbranched alkanes of at least 4 members (excludes halogenated alkanes) is 1. The monoisotopic (exact) mass is 256 g/mol. The van der Waals surface area contributed by atoms with Crippen LogP contribution >= 0.6 is 0 Å². The number of urea groups is 1. The fourth-order valence-corrected chi connectivity index (χ4v) is 2.48. The van der Waals surface area contributed by atoms with Crippen LogP contribution in [-0.2, 0) is 4.74 Å². The van der Waals surface area contributed by atoms with Crippen molar-refractivity contribution in [1.29, 1.82) is 0 Å². The van der Waals surface area contributed by atoms with E-state index in [0.29, 0.717) is 12.0 Å². The topological polar surface area (TPSA) is 41.6 Å². The minimum absolute atomic E-state index is 0.105. The first-order valence-electron chi connectivity index (χ1n) is 7.18. The molecule has 4 heteroatoms. The van der Waals surface area contributed by atoms with Gasteiger partial charge in [-0.05, 0) is 38.5 Å². The maximum Gasteiger partial charge on any atom is 0.317 e. The molecular weight excluding hydrogens is 228 g/mol. The first kappa shape index (κ1) is 15.3. The van der Waals surface area contributed by atoms with Gasteiger partial charge in [-0.3, -0.25) is 0 Å². The van der Waals surface area contributed by atoms with Gasteiger partial charge in [-0.2, -0.15) is 0 Å². The van der Waals surface area contributed by atoms with Gasteiger partial charge in [0.25, 0.3) is 0 Å². The number of hydrogen-bond acceptors (Lipinski definition) is 2. The number of carbonyl (C=O) groups excluding carboxylic acids is 1. The number of carbonyl (C=O) groups is 1. The van der Waals surface area contributed by atoms with E-state index in [-0.39, 0.29) is 6.03 Å². The Kier molecular flexibility index (Phi) is 7.09. The van der Waals surface area contributed by atoms with Crippen molar-refractivity contribution in [1.82, 2.24) is 10.2 Å². The van der Waals surface area contributed by atoms with E-state index < -0.39 is 0 Å². The number of ether oxygens (including phenoxy) is 1. The number of likely N-dealkylation sites (tertiary alicyclic amines) is 1. The highest BCUT2D eigenvalue weighted by molar-refractivity contribution is 5.74. The van der Waals surface area contributed by atoms with E-state index in [1.54, 1.807) is 7.11 Å². The Balaban J connectivity index is 2.29. The second kappa shape index (κ2) is 8.35. The molecule has 1 fully saturated rings. The summed E-state index contributed by atoms with van der Waals surface area (Å²) < 4.78 is 4.99. The van der Waals surface area contributed by atoms with Gasteiger partial charge in [0.2, 0.25) is 0 Å². The van der Waals surface area contributed by atoms with Crippen LogP contribution in [0.4, 0.5) is 4.79 Å². The van der Waals surface area contributed by atoms with Crippen LogP contribution in [0.2, 0.25) is 0 Å². The van der Waals surface area contributed by atoms with E-state index in [9.17, 15) is 4.79 Å². The van der Waals surface area contributed by atoms with E-state index in [0.717, 1.165) is 39.0 Å². The van der Waals surface area contributed by atoms with Crippen molar-refractivity contribution in [3.63, 3.8) is 0 Å². The zero-order valence-electron chi connectivity index (χ0n) is 12.1. The van der Waals surface area contributed by atoms with Crippen LogP contribution in [0.1, 0.15) is 46.0 Å². The fraction of sp³-hybridized carbons (Fsp3) is 0.929. The van der Waals surface area contributed by atoms with Crippen LogP contribution < -0.4 is 5.32 Å². The van der Waals surface area contributed by atoms with E-state index in [1.807, 2.05) is 4.90 Å². The molecule has 0 radical (unpaired) electrons. The van der Waals surface area contributed by atoms with Crippen LogP contribution in [0.15, 0.2) is 0 Å². The Morgan fingerprint density at radius 2 is 2.11 bits per heavy atom. The van der Waals surface area contributed by atoms with Crippen molar-refractivity contribution in [2.24, 2.45) is 5.92 Å². The van der Waals surface area contributed by atoms with Crippen LogP contribution in [0, 0.1) is 5.92 Å². The van der Waals surface area contributed by atoms with Crippen LogP contribution in [0.5, 0.6) is 0 Å². The predicted molar refractivity (Wildman–Crippen MR) is 73.7 cm³/mol. The third kappa shape index (κ3) is 5.25. The van der Waals surface area contributed by atoms with Gasteiger partial charge >= 0.3 is 6.03 Å². The number of amides is 2. The summed E-state index contributed by atoms with van der Waals surface area (Å²) in [5.41, 5.74) is 0. The SMILES string of the molecule is COCCCCNC(=O)N1C[C@H](C)CCC[C@@H]1C. The summed E-state index contributed by atoms with van der Waals surface area (Å²) in [4.78, 5) is 14.1. The quantitative estimate of drug-likeness (QED) is 0.768. The standard InChI is InChI=1S/C14H28N2O2/c1-12-7-6-8-13(2)16(11-12)14(17)15-9-4-5-10-18-3/h12-13H,4-11H2,1-3H3,(H,15,17)/t12-,13+/m1/s1. The third-order valence-electron chi connectivity index (χ3n) is 3.67.